The molecule has 0 spiro atoms. The lowest BCUT2D eigenvalue weighted by molar-refractivity contribution is -0.166. The molecule has 1 heterocycles. The fourth-order valence-corrected chi connectivity index (χ4v) is 2.48. The van der Waals surface area contributed by atoms with Crippen molar-refractivity contribution in [2.24, 2.45) is 11.3 Å². The van der Waals surface area contributed by atoms with Crippen molar-refractivity contribution in [3.05, 3.63) is 18.0 Å². The van der Waals surface area contributed by atoms with Gasteiger partial charge in [0.1, 0.15) is 0 Å². The van der Waals surface area contributed by atoms with Crippen LogP contribution in [0.2, 0.25) is 0 Å². The van der Waals surface area contributed by atoms with E-state index in [1.165, 1.54) is 0 Å². The van der Waals surface area contributed by atoms with Crippen LogP contribution in [0.25, 0.3) is 0 Å². The predicted molar refractivity (Wildman–Crippen MR) is 65.9 cm³/mol. The molecule has 1 atom stereocenters. The largest absolute Gasteiger partial charge is 0.481 e. The number of aromatic nitrogens is 2. The van der Waals surface area contributed by atoms with Gasteiger partial charge in [0, 0.05) is 18.3 Å². The van der Waals surface area contributed by atoms with Gasteiger partial charge in [0.2, 0.25) is 0 Å². The summed E-state index contributed by atoms with van der Waals surface area (Å²) in [5.74, 6) is -0.440. The van der Waals surface area contributed by atoms with Gasteiger partial charge in [0.15, 0.2) is 0 Å². The summed E-state index contributed by atoms with van der Waals surface area (Å²) < 4.78 is 1.76. The summed E-state index contributed by atoms with van der Waals surface area (Å²) in [7, 11) is 0. The Labute approximate surface area is 106 Å². The smallest absolute Gasteiger partial charge is 0.312 e. The molecule has 0 aliphatic heterocycles. The lowest BCUT2D eigenvalue weighted by Crippen LogP contribution is -2.43. The molecule has 1 aromatic heterocycles. The SMILES string of the molecule is CC(C)Cn1cc([C@H](O)C2(C(=O)O)CCC2)cn1. The Morgan fingerprint density at radius 2 is 2.22 bits per heavy atom. The third-order valence-corrected chi connectivity index (χ3v) is 3.72. The summed E-state index contributed by atoms with van der Waals surface area (Å²) >= 11 is 0. The van der Waals surface area contributed by atoms with Gasteiger partial charge in [-0.2, -0.15) is 5.10 Å². The number of carbonyl (C=O) groups is 1. The quantitative estimate of drug-likeness (QED) is 0.838. The molecule has 100 valence electrons. The molecule has 0 saturated heterocycles. The molecule has 0 radical (unpaired) electrons. The van der Waals surface area contributed by atoms with Crippen LogP contribution in [-0.2, 0) is 11.3 Å². The van der Waals surface area contributed by atoms with E-state index in [0.717, 1.165) is 13.0 Å². The monoisotopic (exact) mass is 252 g/mol. The Hall–Kier alpha value is -1.36. The summed E-state index contributed by atoms with van der Waals surface area (Å²) in [5, 5.41) is 23.7. The number of rotatable bonds is 5. The second-order valence-electron chi connectivity index (χ2n) is 5.61. The molecule has 1 aromatic rings. The third-order valence-electron chi connectivity index (χ3n) is 3.72. The van der Waals surface area contributed by atoms with Gasteiger partial charge in [0.05, 0.1) is 17.7 Å². The van der Waals surface area contributed by atoms with Crippen molar-refractivity contribution in [2.75, 3.05) is 0 Å². The van der Waals surface area contributed by atoms with Crippen molar-refractivity contribution in [2.45, 2.75) is 45.8 Å². The molecule has 1 fully saturated rings. The molecule has 0 aromatic carbocycles. The van der Waals surface area contributed by atoms with E-state index in [0.29, 0.717) is 24.3 Å². The highest BCUT2D eigenvalue weighted by atomic mass is 16.4. The Balaban J connectivity index is 2.15. The number of hydrogen-bond donors (Lipinski definition) is 2. The lowest BCUT2D eigenvalue weighted by Gasteiger charge is -2.41. The molecule has 0 bridgehead atoms. The summed E-state index contributed by atoms with van der Waals surface area (Å²) in [5.41, 5.74) is -0.385. The van der Waals surface area contributed by atoms with Crippen molar-refractivity contribution in [3.63, 3.8) is 0 Å². The van der Waals surface area contributed by atoms with Gasteiger partial charge in [0.25, 0.3) is 0 Å². The van der Waals surface area contributed by atoms with E-state index >= 15 is 0 Å². The van der Waals surface area contributed by atoms with Crippen LogP contribution in [0.1, 0.15) is 44.8 Å². The third kappa shape index (κ3) is 2.14. The van der Waals surface area contributed by atoms with E-state index in [-0.39, 0.29) is 0 Å². The van der Waals surface area contributed by atoms with Crippen LogP contribution in [0.4, 0.5) is 0 Å². The number of carboxylic acid groups (broad SMARTS) is 1. The molecule has 1 aliphatic carbocycles. The van der Waals surface area contributed by atoms with Crippen molar-refractivity contribution in [3.8, 4) is 0 Å². The molecule has 0 amide bonds. The van der Waals surface area contributed by atoms with Crippen molar-refractivity contribution in [1.82, 2.24) is 9.78 Å². The first-order chi connectivity index (χ1) is 8.45. The first-order valence-electron chi connectivity index (χ1n) is 6.39. The second-order valence-corrected chi connectivity index (χ2v) is 5.61. The summed E-state index contributed by atoms with van der Waals surface area (Å²) in [6.07, 6.45) is 4.33. The van der Waals surface area contributed by atoms with Gasteiger partial charge >= 0.3 is 5.97 Å². The molecule has 5 heteroatoms. The van der Waals surface area contributed by atoms with Crippen LogP contribution >= 0.6 is 0 Å². The van der Waals surface area contributed by atoms with Crippen molar-refractivity contribution in [1.29, 1.82) is 0 Å². The van der Waals surface area contributed by atoms with Crippen LogP contribution in [0.5, 0.6) is 0 Å². The fraction of sp³-hybridized carbons (Fsp3) is 0.692. The maximum atomic E-state index is 11.3. The fourth-order valence-electron chi connectivity index (χ4n) is 2.48. The first kappa shape index (κ1) is 13.1. The number of carboxylic acids is 1. The first-order valence-corrected chi connectivity index (χ1v) is 6.39. The second kappa shape index (κ2) is 4.72. The zero-order valence-corrected chi connectivity index (χ0v) is 10.8. The van der Waals surface area contributed by atoms with Gasteiger partial charge in [-0.15, -0.1) is 0 Å². The highest BCUT2D eigenvalue weighted by Crippen LogP contribution is 2.50. The number of hydrogen-bond acceptors (Lipinski definition) is 3. The molecule has 2 N–H and O–H groups in total. The number of aliphatic hydroxyl groups excluding tert-OH is 1. The zero-order chi connectivity index (χ0) is 13.3. The molecular formula is C13H20N2O3. The molecule has 5 nitrogen and oxygen atoms in total. The van der Waals surface area contributed by atoms with Gasteiger partial charge in [-0.3, -0.25) is 9.48 Å². The van der Waals surface area contributed by atoms with Crippen molar-refractivity contribution < 1.29 is 15.0 Å². The molecular weight excluding hydrogens is 232 g/mol. The normalized spacial score (nSPS) is 19.6. The molecule has 0 unspecified atom stereocenters. The highest BCUT2D eigenvalue weighted by Gasteiger charge is 2.51. The van der Waals surface area contributed by atoms with E-state index in [4.69, 9.17) is 0 Å². The van der Waals surface area contributed by atoms with Crippen LogP contribution in [0.15, 0.2) is 12.4 Å². The van der Waals surface area contributed by atoms with E-state index in [9.17, 15) is 15.0 Å². The van der Waals surface area contributed by atoms with Crippen LogP contribution in [0.3, 0.4) is 0 Å². The Bertz CT molecular complexity index is 435. The highest BCUT2D eigenvalue weighted by molar-refractivity contribution is 5.76. The van der Waals surface area contributed by atoms with E-state index in [1.807, 2.05) is 0 Å². The van der Waals surface area contributed by atoms with Gasteiger partial charge in [-0.1, -0.05) is 20.3 Å². The minimum absolute atomic E-state index is 0.465. The minimum Gasteiger partial charge on any atom is -0.481 e. The Kier molecular flexibility index (Phi) is 3.43. The van der Waals surface area contributed by atoms with Gasteiger partial charge in [-0.05, 0) is 18.8 Å². The molecule has 1 saturated carbocycles. The van der Waals surface area contributed by atoms with Crippen LogP contribution in [-0.4, -0.2) is 26.0 Å². The summed E-state index contributed by atoms with van der Waals surface area (Å²) in [4.78, 5) is 11.3. The maximum Gasteiger partial charge on any atom is 0.312 e. The number of nitrogens with zero attached hydrogens (tertiary/aromatic N) is 2. The topological polar surface area (TPSA) is 75.4 Å². The Morgan fingerprint density at radius 3 is 2.67 bits per heavy atom. The van der Waals surface area contributed by atoms with E-state index in [2.05, 4.69) is 18.9 Å². The predicted octanol–water partition coefficient (Wildman–Crippen LogP) is 1.83. The number of aliphatic hydroxyl groups is 1. The maximum absolute atomic E-state index is 11.3. The molecule has 1 aliphatic rings. The Morgan fingerprint density at radius 1 is 1.56 bits per heavy atom. The minimum atomic E-state index is -0.994. The lowest BCUT2D eigenvalue weighted by atomic mass is 9.64. The molecule has 18 heavy (non-hydrogen) atoms. The van der Waals surface area contributed by atoms with Crippen LogP contribution in [0, 0.1) is 11.3 Å². The van der Waals surface area contributed by atoms with E-state index in [1.54, 1.807) is 17.1 Å². The number of aliphatic carboxylic acids is 1. The molecule has 2 rings (SSSR count). The zero-order valence-electron chi connectivity index (χ0n) is 10.8. The standard InChI is InChI=1S/C13H20N2O3/c1-9(2)7-15-8-10(6-14-15)11(16)13(12(17)18)4-3-5-13/h6,8-9,11,16H,3-5,7H2,1-2H3,(H,17,18)/t11-/m0/s1. The van der Waals surface area contributed by atoms with Gasteiger partial charge in [-0.25, -0.2) is 0 Å². The summed E-state index contributed by atoms with van der Waals surface area (Å²) in [6.45, 7) is 4.94. The average Bonchev–Trinajstić information content (AvgIpc) is 2.62. The van der Waals surface area contributed by atoms with Crippen LogP contribution < -0.4 is 0 Å². The summed E-state index contributed by atoms with van der Waals surface area (Å²) in [6, 6.07) is 0. The van der Waals surface area contributed by atoms with E-state index < -0.39 is 17.5 Å². The average molecular weight is 252 g/mol. The van der Waals surface area contributed by atoms with Crippen molar-refractivity contribution >= 4 is 5.97 Å². The van der Waals surface area contributed by atoms with Gasteiger partial charge < -0.3 is 10.2 Å².